The predicted octanol–water partition coefficient (Wildman–Crippen LogP) is 2.61. The van der Waals surface area contributed by atoms with Crippen molar-refractivity contribution >= 4 is 11.5 Å². The standard InChI is InChI=1S/C13H14F3N5O/c14-13(15,16)11-3-4-12(20-19-11)18-9-6-17-21(7-9)8-10-2-1-5-22-10/h3-4,6-7,10H,1-2,5,8H2,(H,18,20). The van der Waals surface area contributed by atoms with Crippen LogP contribution in [-0.2, 0) is 17.5 Å². The Balaban J connectivity index is 1.62. The van der Waals surface area contributed by atoms with E-state index in [4.69, 9.17) is 4.74 Å². The van der Waals surface area contributed by atoms with Gasteiger partial charge in [-0.3, -0.25) is 4.68 Å². The molecule has 9 heteroatoms. The number of nitrogens with one attached hydrogen (secondary N) is 1. The summed E-state index contributed by atoms with van der Waals surface area (Å²) in [7, 11) is 0. The number of halogens is 3. The first-order chi connectivity index (χ1) is 10.5. The van der Waals surface area contributed by atoms with Crippen LogP contribution in [0.15, 0.2) is 24.5 Å². The average molecular weight is 313 g/mol. The maximum absolute atomic E-state index is 12.4. The summed E-state index contributed by atoms with van der Waals surface area (Å²) >= 11 is 0. The molecule has 0 aromatic carbocycles. The quantitative estimate of drug-likeness (QED) is 0.940. The van der Waals surface area contributed by atoms with E-state index in [9.17, 15) is 13.2 Å². The number of rotatable bonds is 4. The summed E-state index contributed by atoms with van der Waals surface area (Å²) in [6.07, 6.45) is 1.07. The third-order valence-electron chi connectivity index (χ3n) is 3.28. The van der Waals surface area contributed by atoms with Crippen molar-refractivity contribution in [3.8, 4) is 0 Å². The lowest BCUT2D eigenvalue weighted by Crippen LogP contribution is -2.15. The summed E-state index contributed by atoms with van der Waals surface area (Å²) in [6, 6.07) is 2.11. The Hall–Kier alpha value is -2.16. The molecule has 2 aromatic heterocycles. The number of ether oxygens (including phenoxy) is 1. The van der Waals surface area contributed by atoms with Gasteiger partial charge in [-0.15, -0.1) is 10.2 Å². The fraction of sp³-hybridized carbons (Fsp3) is 0.462. The molecular weight excluding hydrogens is 299 g/mol. The monoisotopic (exact) mass is 313 g/mol. The summed E-state index contributed by atoms with van der Waals surface area (Å²) in [5.74, 6) is 0.227. The van der Waals surface area contributed by atoms with Crippen LogP contribution in [0.5, 0.6) is 0 Å². The lowest BCUT2D eigenvalue weighted by Gasteiger charge is -2.08. The average Bonchev–Trinajstić information content (AvgIpc) is 3.11. The van der Waals surface area contributed by atoms with Crippen LogP contribution in [0.4, 0.5) is 24.7 Å². The third-order valence-corrected chi connectivity index (χ3v) is 3.28. The molecule has 1 atom stereocenters. The number of alkyl halides is 3. The van der Waals surface area contributed by atoms with E-state index >= 15 is 0 Å². The molecule has 2 aromatic rings. The first kappa shape index (κ1) is 14.8. The third kappa shape index (κ3) is 3.53. The Bertz CT molecular complexity index is 619. The zero-order valence-corrected chi connectivity index (χ0v) is 11.5. The minimum atomic E-state index is -4.49. The first-order valence-electron chi connectivity index (χ1n) is 6.83. The second-order valence-corrected chi connectivity index (χ2v) is 5.01. The van der Waals surface area contributed by atoms with E-state index in [1.807, 2.05) is 0 Å². The summed E-state index contributed by atoms with van der Waals surface area (Å²) < 4.78 is 44.4. The van der Waals surface area contributed by atoms with Gasteiger partial charge in [-0.05, 0) is 25.0 Å². The summed E-state index contributed by atoms with van der Waals surface area (Å²) in [5, 5.41) is 13.7. The Labute approximate surface area is 124 Å². The molecule has 1 saturated heterocycles. The Morgan fingerprint density at radius 1 is 1.32 bits per heavy atom. The molecule has 22 heavy (non-hydrogen) atoms. The van der Waals surface area contributed by atoms with Gasteiger partial charge in [-0.25, -0.2) is 0 Å². The van der Waals surface area contributed by atoms with E-state index in [0.717, 1.165) is 25.5 Å². The van der Waals surface area contributed by atoms with Crippen LogP contribution in [0.3, 0.4) is 0 Å². The molecule has 6 nitrogen and oxygen atoms in total. The van der Waals surface area contributed by atoms with E-state index in [1.165, 1.54) is 6.07 Å². The maximum Gasteiger partial charge on any atom is 0.435 e. The minimum Gasteiger partial charge on any atom is -0.376 e. The van der Waals surface area contributed by atoms with Gasteiger partial charge in [-0.1, -0.05) is 0 Å². The molecule has 1 unspecified atom stereocenters. The SMILES string of the molecule is FC(F)(F)c1ccc(Nc2cnn(CC3CCCO3)c2)nn1. The lowest BCUT2D eigenvalue weighted by atomic mass is 10.2. The van der Waals surface area contributed by atoms with Crippen molar-refractivity contribution in [2.75, 3.05) is 11.9 Å². The van der Waals surface area contributed by atoms with Crippen LogP contribution in [0.2, 0.25) is 0 Å². The van der Waals surface area contributed by atoms with Crippen molar-refractivity contribution in [3.63, 3.8) is 0 Å². The van der Waals surface area contributed by atoms with Crippen molar-refractivity contribution in [2.24, 2.45) is 0 Å². The van der Waals surface area contributed by atoms with E-state index in [0.29, 0.717) is 12.2 Å². The Kier molecular flexibility index (Phi) is 3.97. The molecule has 0 aliphatic carbocycles. The number of anilines is 2. The van der Waals surface area contributed by atoms with Crippen LogP contribution < -0.4 is 5.32 Å². The molecule has 0 saturated carbocycles. The molecule has 1 aliphatic rings. The Morgan fingerprint density at radius 2 is 2.18 bits per heavy atom. The van der Waals surface area contributed by atoms with E-state index in [2.05, 4.69) is 20.6 Å². The van der Waals surface area contributed by atoms with Crippen LogP contribution in [0, 0.1) is 0 Å². The van der Waals surface area contributed by atoms with Gasteiger partial charge in [-0.2, -0.15) is 18.3 Å². The second kappa shape index (κ2) is 5.91. The number of hydrogen-bond donors (Lipinski definition) is 1. The topological polar surface area (TPSA) is 64.9 Å². The highest BCUT2D eigenvalue weighted by Gasteiger charge is 2.32. The summed E-state index contributed by atoms with van der Waals surface area (Å²) in [5.41, 5.74) is -0.390. The van der Waals surface area contributed by atoms with Gasteiger partial charge in [0, 0.05) is 12.8 Å². The predicted molar refractivity (Wildman–Crippen MR) is 71.5 cm³/mol. The molecule has 1 fully saturated rings. The highest BCUT2D eigenvalue weighted by molar-refractivity contribution is 5.53. The number of nitrogens with zero attached hydrogens (tertiary/aromatic N) is 4. The van der Waals surface area contributed by atoms with Crippen molar-refractivity contribution in [3.05, 3.63) is 30.2 Å². The Morgan fingerprint density at radius 3 is 2.82 bits per heavy atom. The molecule has 3 rings (SSSR count). The molecule has 0 radical (unpaired) electrons. The van der Waals surface area contributed by atoms with Crippen LogP contribution in [0.25, 0.3) is 0 Å². The zero-order valence-electron chi connectivity index (χ0n) is 11.5. The van der Waals surface area contributed by atoms with Crippen LogP contribution in [0.1, 0.15) is 18.5 Å². The highest BCUT2D eigenvalue weighted by atomic mass is 19.4. The minimum absolute atomic E-state index is 0.165. The largest absolute Gasteiger partial charge is 0.435 e. The van der Waals surface area contributed by atoms with Gasteiger partial charge in [0.05, 0.1) is 24.5 Å². The van der Waals surface area contributed by atoms with Gasteiger partial charge in [0.25, 0.3) is 0 Å². The van der Waals surface area contributed by atoms with Crippen molar-refractivity contribution in [2.45, 2.75) is 31.7 Å². The fourth-order valence-electron chi connectivity index (χ4n) is 2.22. The summed E-state index contributed by atoms with van der Waals surface area (Å²) in [4.78, 5) is 0. The smallest absolute Gasteiger partial charge is 0.376 e. The van der Waals surface area contributed by atoms with Crippen molar-refractivity contribution in [1.29, 1.82) is 0 Å². The van der Waals surface area contributed by atoms with Gasteiger partial charge >= 0.3 is 6.18 Å². The van der Waals surface area contributed by atoms with Crippen LogP contribution >= 0.6 is 0 Å². The first-order valence-corrected chi connectivity index (χ1v) is 6.83. The van der Waals surface area contributed by atoms with E-state index in [1.54, 1.807) is 17.1 Å². The molecule has 0 amide bonds. The van der Waals surface area contributed by atoms with Crippen molar-refractivity contribution in [1.82, 2.24) is 20.0 Å². The van der Waals surface area contributed by atoms with E-state index in [-0.39, 0.29) is 11.9 Å². The molecule has 1 aliphatic heterocycles. The molecular formula is C13H14F3N5O. The van der Waals surface area contributed by atoms with Gasteiger partial charge in [0.2, 0.25) is 0 Å². The second-order valence-electron chi connectivity index (χ2n) is 5.01. The fourth-order valence-corrected chi connectivity index (χ4v) is 2.22. The van der Waals surface area contributed by atoms with Crippen LogP contribution in [-0.4, -0.2) is 32.7 Å². The van der Waals surface area contributed by atoms with Gasteiger partial charge in [0.1, 0.15) is 0 Å². The molecule has 0 spiro atoms. The number of hydrogen-bond acceptors (Lipinski definition) is 5. The molecule has 3 heterocycles. The maximum atomic E-state index is 12.4. The number of aromatic nitrogens is 4. The normalized spacial score (nSPS) is 18.6. The summed E-state index contributed by atoms with van der Waals surface area (Å²) in [6.45, 7) is 1.43. The lowest BCUT2D eigenvalue weighted by molar-refractivity contribution is -0.141. The van der Waals surface area contributed by atoms with E-state index < -0.39 is 11.9 Å². The molecule has 0 bridgehead atoms. The molecule has 1 N–H and O–H groups in total. The molecule has 118 valence electrons. The van der Waals surface area contributed by atoms with Gasteiger partial charge in [0.15, 0.2) is 11.5 Å². The van der Waals surface area contributed by atoms with Crippen molar-refractivity contribution < 1.29 is 17.9 Å². The zero-order chi connectivity index (χ0) is 15.6. The van der Waals surface area contributed by atoms with Gasteiger partial charge < -0.3 is 10.1 Å². The highest BCUT2D eigenvalue weighted by Crippen LogP contribution is 2.27.